The number of hydrogen-bond donors (Lipinski definition) is 6. The molecular formula is C57H105NO10. The lowest BCUT2D eigenvalue weighted by Crippen LogP contribution is -2.60. The summed E-state index contributed by atoms with van der Waals surface area (Å²) in [6, 6.07) is -0.821. The Hall–Kier alpha value is -2.12. The number of rotatable bonds is 48. The number of esters is 1. The van der Waals surface area contributed by atoms with Crippen LogP contribution in [-0.4, -0.2) is 100 Å². The average molecular weight is 964 g/mol. The zero-order chi connectivity index (χ0) is 49.6. The Morgan fingerprint density at radius 2 is 0.985 bits per heavy atom. The largest absolute Gasteiger partial charge is 0.466 e. The van der Waals surface area contributed by atoms with Gasteiger partial charge < -0.3 is 45.1 Å². The van der Waals surface area contributed by atoms with Gasteiger partial charge in [0.1, 0.15) is 24.4 Å². The van der Waals surface area contributed by atoms with Gasteiger partial charge in [0, 0.05) is 12.8 Å². The maximum Gasteiger partial charge on any atom is 0.305 e. The summed E-state index contributed by atoms with van der Waals surface area (Å²) >= 11 is 0. The van der Waals surface area contributed by atoms with Gasteiger partial charge in [0.25, 0.3) is 0 Å². The third-order valence-corrected chi connectivity index (χ3v) is 13.2. The van der Waals surface area contributed by atoms with Gasteiger partial charge >= 0.3 is 5.97 Å². The van der Waals surface area contributed by atoms with E-state index in [2.05, 4.69) is 43.5 Å². The van der Waals surface area contributed by atoms with Crippen LogP contribution < -0.4 is 5.32 Å². The number of hydrogen-bond acceptors (Lipinski definition) is 10. The monoisotopic (exact) mass is 964 g/mol. The van der Waals surface area contributed by atoms with Crippen LogP contribution in [-0.2, 0) is 23.8 Å². The number of nitrogens with one attached hydrogen (secondary N) is 1. The minimum atomic E-state index is -1.58. The Morgan fingerprint density at radius 1 is 0.544 bits per heavy atom. The molecule has 7 unspecified atom stereocenters. The summed E-state index contributed by atoms with van der Waals surface area (Å²) in [4.78, 5) is 25.1. The lowest BCUT2D eigenvalue weighted by atomic mass is 9.99. The number of aliphatic hydroxyl groups excluding tert-OH is 5. The van der Waals surface area contributed by atoms with Gasteiger partial charge in [-0.1, -0.05) is 211 Å². The van der Waals surface area contributed by atoms with Gasteiger partial charge in [0.15, 0.2) is 6.29 Å². The third-order valence-electron chi connectivity index (χ3n) is 13.2. The normalized spacial score (nSPS) is 19.7. The smallest absolute Gasteiger partial charge is 0.305 e. The van der Waals surface area contributed by atoms with Crippen molar-refractivity contribution in [3.8, 4) is 0 Å². The Kier molecular flexibility index (Phi) is 44.4. The highest BCUT2D eigenvalue weighted by atomic mass is 16.7. The molecule has 0 aliphatic carbocycles. The molecule has 1 heterocycles. The topological polar surface area (TPSA) is 175 Å². The number of carbonyl (C=O) groups is 2. The summed E-state index contributed by atoms with van der Waals surface area (Å²) in [6.45, 7) is 4.23. The molecule has 11 nitrogen and oxygen atoms in total. The van der Waals surface area contributed by atoms with Crippen molar-refractivity contribution in [2.75, 3.05) is 19.8 Å². The second kappa shape index (κ2) is 47.2. The summed E-state index contributed by atoms with van der Waals surface area (Å²) in [5, 5.41) is 54.1. The minimum absolute atomic E-state index is 0.0376. The van der Waals surface area contributed by atoms with E-state index in [1.807, 2.05) is 6.08 Å². The molecule has 0 radical (unpaired) electrons. The number of allylic oxidation sites excluding steroid dienone is 5. The standard InChI is InChI=1S/C57H105NO10/c1-3-5-7-9-11-13-14-15-16-17-18-19-20-21-25-29-33-37-41-45-53(62)66-46-42-38-34-30-26-23-22-24-28-32-36-40-44-52(61)58-49(50(60)43-39-35-31-27-12-10-8-6-4-2)48-67-57-56(65)55(64)54(63)51(47-59)68-57/h11,13,15-16,39,43,49-51,54-57,59-60,63-65H,3-10,12,14,17-38,40-42,44-48H2,1-2H3,(H,58,61)/b13-11-,16-15-,43-39+. The molecule has 11 heteroatoms. The Bertz CT molecular complexity index is 1230. The fraction of sp³-hybridized carbons (Fsp3) is 0.860. The van der Waals surface area contributed by atoms with Gasteiger partial charge in [-0.15, -0.1) is 0 Å². The predicted molar refractivity (Wildman–Crippen MR) is 278 cm³/mol. The minimum Gasteiger partial charge on any atom is -0.466 e. The highest BCUT2D eigenvalue weighted by Gasteiger charge is 2.44. The number of aliphatic hydroxyl groups is 5. The molecule has 7 atom stereocenters. The van der Waals surface area contributed by atoms with Crippen molar-refractivity contribution in [1.29, 1.82) is 0 Å². The van der Waals surface area contributed by atoms with E-state index in [1.165, 1.54) is 148 Å². The van der Waals surface area contributed by atoms with E-state index in [4.69, 9.17) is 14.2 Å². The molecule has 1 aliphatic heterocycles. The number of unbranched alkanes of at least 4 members (excludes halogenated alkanes) is 30. The van der Waals surface area contributed by atoms with Crippen LogP contribution in [0.25, 0.3) is 0 Å². The summed E-state index contributed by atoms with van der Waals surface area (Å²) in [6.07, 6.45) is 46.6. The molecule has 0 spiro atoms. The van der Waals surface area contributed by atoms with E-state index in [0.717, 1.165) is 77.0 Å². The first-order valence-electron chi connectivity index (χ1n) is 28.3. The Morgan fingerprint density at radius 3 is 1.51 bits per heavy atom. The third kappa shape index (κ3) is 36.8. The molecule has 0 aromatic rings. The van der Waals surface area contributed by atoms with Crippen LogP contribution >= 0.6 is 0 Å². The first kappa shape index (κ1) is 63.9. The molecule has 1 amide bonds. The molecule has 6 N–H and O–H groups in total. The van der Waals surface area contributed by atoms with E-state index in [9.17, 15) is 35.1 Å². The maximum absolute atomic E-state index is 13.0. The predicted octanol–water partition coefficient (Wildman–Crippen LogP) is 12.3. The van der Waals surface area contributed by atoms with Crippen LogP contribution in [0.1, 0.15) is 251 Å². The fourth-order valence-corrected chi connectivity index (χ4v) is 8.70. The van der Waals surface area contributed by atoms with Crippen molar-refractivity contribution in [2.24, 2.45) is 0 Å². The molecule has 1 rings (SSSR count). The van der Waals surface area contributed by atoms with E-state index in [-0.39, 0.29) is 18.5 Å². The first-order valence-corrected chi connectivity index (χ1v) is 28.3. The van der Waals surface area contributed by atoms with Crippen LogP contribution in [0.2, 0.25) is 0 Å². The van der Waals surface area contributed by atoms with Crippen molar-refractivity contribution < 1.29 is 49.3 Å². The van der Waals surface area contributed by atoms with Crippen molar-refractivity contribution in [3.63, 3.8) is 0 Å². The Labute approximate surface area is 415 Å². The maximum atomic E-state index is 13.0. The van der Waals surface area contributed by atoms with E-state index < -0.39 is 49.5 Å². The van der Waals surface area contributed by atoms with Crippen LogP contribution in [0.15, 0.2) is 36.5 Å². The van der Waals surface area contributed by atoms with E-state index in [0.29, 0.717) is 19.4 Å². The molecule has 68 heavy (non-hydrogen) atoms. The number of amides is 1. The lowest BCUT2D eigenvalue weighted by Gasteiger charge is -2.40. The van der Waals surface area contributed by atoms with E-state index >= 15 is 0 Å². The molecule has 0 bridgehead atoms. The molecule has 0 aromatic heterocycles. The summed E-state index contributed by atoms with van der Waals surface area (Å²) in [5.41, 5.74) is 0. The van der Waals surface area contributed by atoms with Gasteiger partial charge in [-0.05, 0) is 64.2 Å². The molecule has 1 aliphatic rings. The van der Waals surface area contributed by atoms with Crippen molar-refractivity contribution >= 4 is 11.9 Å². The van der Waals surface area contributed by atoms with Crippen molar-refractivity contribution in [2.45, 2.75) is 294 Å². The molecule has 0 aromatic carbocycles. The summed E-state index contributed by atoms with van der Waals surface area (Å²) < 4.78 is 16.7. The van der Waals surface area contributed by atoms with Crippen LogP contribution in [0.3, 0.4) is 0 Å². The van der Waals surface area contributed by atoms with Crippen LogP contribution in [0.5, 0.6) is 0 Å². The van der Waals surface area contributed by atoms with Crippen molar-refractivity contribution in [3.05, 3.63) is 36.5 Å². The first-order chi connectivity index (χ1) is 33.2. The molecular weight excluding hydrogens is 859 g/mol. The van der Waals surface area contributed by atoms with Gasteiger partial charge in [-0.3, -0.25) is 9.59 Å². The van der Waals surface area contributed by atoms with Crippen LogP contribution in [0, 0.1) is 0 Å². The highest BCUT2D eigenvalue weighted by Crippen LogP contribution is 2.23. The second-order valence-corrected chi connectivity index (χ2v) is 19.6. The number of ether oxygens (including phenoxy) is 3. The van der Waals surface area contributed by atoms with E-state index in [1.54, 1.807) is 6.08 Å². The van der Waals surface area contributed by atoms with Crippen molar-refractivity contribution in [1.82, 2.24) is 5.32 Å². The lowest BCUT2D eigenvalue weighted by molar-refractivity contribution is -0.302. The average Bonchev–Trinajstić information content (AvgIpc) is 3.33. The summed E-state index contributed by atoms with van der Waals surface area (Å²) in [7, 11) is 0. The van der Waals surface area contributed by atoms with Gasteiger partial charge in [0.2, 0.25) is 5.91 Å². The Balaban J connectivity index is 2.06. The zero-order valence-electron chi connectivity index (χ0n) is 43.6. The fourth-order valence-electron chi connectivity index (χ4n) is 8.70. The summed E-state index contributed by atoms with van der Waals surface area (Å²) in [5.74, 6) is -0.238. The SMILES string of the molecule is CCCCC/C=C\C/C=C\CCCCCCCCCCCC(=O)OCCCCCCCCCCCCCCC(=O)NC(COC1OC(CO)C(O)C(O)C1O)C(O)/C=C/CCCCCCCCC. The van der Waals surface area contributed by atoms with Crippen LogP contribution in [0.4, 0.5) is 0 Å². The zero-order valence-corrected chi connectivity index (χ0v) is 43.6. The molecule has 1 fully saturated rings. The second-order valence-electron chi connectivity index (χ2n) is 19.6. The molecule has 0 saturated carbocycles. The van der Waals surface area contributed by atoms with Gasteiger partial charge in [-0.2, -0.15) is 0 Å². The highest BCUT2D eigenvalue weighted by molar-refractivity contribution is 5.76. The number of carbonyl (C=O) groups excluding carboxylic acids is 2. The molecule has 398 valence electrons. The molecule has 1 saturated heterocycles. The van der Waals surface area contributed by atoms with Gasteiger partial charge in [-0.25, -0.2) is 0 Å². The quantitative estimate of drug-likeness (QED) is 0.0196. The van der Waals surface area contributed by atoms with Gasteiger partial charge in [0.05, 0.1) is 32.0 Å².